The number of carbonyl (C=O) groups excluding carboxylic acids is 7. The number of amides is 1. The molecule has 0 rings (SSSR count). The van der Waals surface area contributed by atoms with Crippen LogP contribution in [0.1, 0.15) is 102 Å². The largest absolute Gasteiger partial charge is 0.463 e. The van der Waals surface area contributed by atoms with E-state index in [4.69, 9.17) is 33.5 Å². The fraction of sp³-hybridized carbons (Fsp3) is 0.743. The third kappa shape index (κ3) is 25.9. The van der Waals surface area contributed by atoms with Crippen molar-refractivity contribution in [3.63, 3.8) is 0 Å². The third-order valence-corrected chi connectivity index (χ3v) is 7.11. The zero-order chi connectivity index (χ0) is 39.6. The van der Waals surface area contributed by atoms with Crippen LogP contribution in [0, 0.1) is 16.2 Å². The summed E-state index contributed by atoms with van der Waals surface area (Å²) >= 11 is 0. The van der Waals surface area contributed by atoms with Crippen LogP contribution in [0.25, 0.3) is 0 Å². The molecule has 0 saturated heterocycles. The average molecular weight is 720 g/mol. The normalized spacial score (nSPS) is 10.8. The molecule has 0 aromatic carbocycles. The monoisotopic (exact) mass is 719 g/mol. The number of alkyl carbamates (subject to hydrolysis) is 1. The van der Waals surface area contributed by atoms with Crippen molar-refractivity contribution in [3.8, 4) is 0 Å². The van der Waals surface area contributed by atoms with Gasteiger partial charge in [-0.05, 0) is 74.7 Å². The smallest absolute Gasteiger partial charge is 0.407 e. The summed E-state index contributed by atoms with van der Waals surface area (Å²) in [4.78, 5) is 78.1. The molecular weight excluding hydrogens is 658 g/mol. The molecule has 0 aliphatic rings. The number of aliphatic hydroxyl groups excluding tert-OH is 1. The Kier molecular flexibility index (Phi) is 27.0. The van der Waals surface area contributed by atoms with E-state index in [-0.39, 0.29) is 82.9 Å². The van der Waals surface area contributed by atoms with Crippen LogP contribution in [0.2, 0.25) is 0 Å². The Balaban J connectivity index is -0.000000701. The molecule has 0 aromatic heterocycles. The number of Topliss-reactive ketones (excluding diaryl/α,β-unsaturated/α-hetero) is 1. The molecule has 0 aromatic rings. The van der Waals surface area contributed by atoms with Crippen molar-refractivity contribution in [2.24, 2.45) is 16.2 Å². The summed E-state index contributed by atoms with van der Waals surface area (Å²) in [5.41, 5.74) is -1.20. The maximum Gasteiger partial charge on any atom is 0.407 e. The summed E-state index contributed by atoms with van der Waals surface area (Å²) in [6.07, 6.45) is 1.18. The van der Waals surface area contributed by atoms with E-state index in [1.54, 1.807) is 27.7 Å². The van der Waals surface area contributed by atoms with Crippen LogP contribution in [-0.2, 0) is 57.2 Å². The molecule has 15 nitrogen and oxygen atoms in total. The van der Waals surface area contributed by atoms with Gasteiger partial charge >= 0.3 is 35.9 Å². The van der Waals surface area contributed by atoms with E-state index < -0.39 is 34.3 Å². The highest BCUT2D eigenvalue weighted by Gasteiger charge is 2.28. The Morgan fingerprint density at radius 3 is 1.32 bits per heavy atom. The lowest BCUT2D eigenvalue weighted by atomic mass is 9.91. The molecule has 0 aliphatic heterocycles. The van der Waals surface area contributed by atoms with Crippen LogP contribution in [0.4, 0.5) is 4.79 Å². The molecule has 0 aliphatic carbocycles. The van der Waals surface area contributed by atoms with Gasteiger partial charge in [0.25, 0.3) is 0 Å². The summed E-state index contributed by atoms with van der Waals surface area (Å²) in [6.45, 7) is 22.9. The number of rotatable bonds is 20. The highest BCUT2D eigenvalue weighted by atomic mass is 16.6. The van der Waals surface area contributed by atoms with Gasteiger partial charge in [0.15, 0.2) is 0 Å². The van der Waals surface area contributed by atoms with Crippen LogP contribution in [0.3, 0.4) is 0 Å². The van der Waals surface area contributed by atoms with Gasteiger partial charge in [-0.2, -0.15) is 0 Å². The van der Waals surface area contributed by atoms with Gasteiger partial charge in [-0.1, -0.05) is 27.4 Å². The Bertz CT molecular complexity index is 1090. The molecule has 0 bridgehead atoms. The topological polar surface area (TPSA) is 207 Å². The first-order chi connectivity index (χ1) is 23.0. The predicted octanol–water partition coefficient (Wildman–Crippen LogP) is 4.26. The van der Waals surface area contributed by atoms with Gasteiger partial charge in [-0.15, -0.1) is 0 Å². The molecule has 0 radical (unpaired) electrons. The van der Waals surface area contributed by atoms with E-state index in [9.17, 15) is 33.6 Å². The van der Waals surface area contributed by atoms with Crippen molar-refractivity contribution in [2.45, 2.75) is 102 Å². The summed E-state index contributed by atoms with van der Waals surface area (Å²) in [5.74, 6) is -2.24. The number of nitrogens with one attached hydrogen (secondary N) is 1. The minimum absolute atomic E-state index is 0.000325. The molecule has 50 heavy (non-hydrogen) atoms. The molecular formula is C35H61NO14. The van der Waals surface area contributed by atoms with Gasteiger partial charge in [-0.3, -0.25) is 24.0 Å². The molecule has 0 heterocycles. The first kappa shape index (κ1) is 50.4. The Morgan fingerprint density at radius 1 is 0.580 bits per heavy atom. The van der Waals surface area contributed by atoms with Gasteiger partial charge < -0.3 is 38.8 Å². The van der Waals surface area contributed by atoms with E-state index in [0.717, 1.165) is 6.42 Å². The zero-order valence-corrected chi connectivity index (χ0v) is 31.9. The molecule has 2 N–H and O–H groups in total. The fourth-order valence-electron chi connectivity index (χ4n) is 2.44. The van der Waals surface area contributed by atoms with Crippen molar-refractivity contribution in [3.05, 3.63) is 12.2 Å². The standard InChI is InChI=1S/C15H25NO6.C12H20O5.C8H16O3/c1-6-15(4,5)13(18)21-9-10-22-14(19)16-7-8-20-12(17)11(2)3;1-5-12(3,4)11(15)17-7-6-16-10(14)8-9(2)13;1-4-8(2,3)7(10)11-6-5-9/h2,6-10H2,1,3-5H3,(H,16,19);5-8H2,1-4H3;9H,4-6H2,1-3H3. The van der Waals surface area contributed by atoms with Crippen LogP contribution >= 0.6 is 0 Å². The maximum absolute atomic E-state index is 11.6. The SMILES string of the molecule is C=C(C)C(=O)OCCNC(=O)OCCOC(=O)C(C)(C)CC.CCC(C)(C)C(=O)OCCO.CCC(C)(C)C(=O)OCCOC(=O)CC(C)=O. The number of hydrogen-bond acceptors (Lipinski definition) is 14. The number of ether oxygens (including phenoxy) is 6. The summed E-state index contributed by atoms with van der Waals surface area (Å²) in [5, 5.41) is 10.8. The van der Waals surface area contributed by atoms with E-state index in [0.29, 0.717) is 18.4 Å². The van der Waals surface area contributed by atoms with Crippen LogP contribution in [0.5, 0.6) is 0 Å². The highest BCUT2D eigenvalue weighted by molar-refractivity contribution is 5.94. The maximum atomic E-state index is 11.6. The quantitative estimate of drug-likeness (QED) is 0.0593. The Labute approximate surface area is 297 Å². The minimum atomic E-state index is -0.669. The average Bonchev–Trinajstić information content (AvgIpc) is 3.05. The molecule has 0 saturated carbocycles. The van der Waals surface area contributed by atoms with E-state index >= 15 is 0 Å². The first-order valence-electron chi connectivity index (χ1n) is 16.5. The molecule has 0 atom stereocenters. The number of carbonyl (C=O) groups is 7. The molecule has 15 heteroatoms. The number of ketones is 1. The molecule has 0 spiro atoms. The fourth-order valence-corrected chi connectivity index (χ4v) is 2.44. The highest BCUT2D eigenvalue weighted by Crippen LogP contribution is 2.22. The molecule has 0 fully saturated rings. The number of esters is 5. The second kappa shape index (κ2) is 26.8. The van der Waals surface area contributed by atoms with Crippen molar-refractivity contribution < 1.29 is 67.1 Å². The second-order valence-corrected chi connectivity index (χ2v) is 12.9. The zero-order valence-electron chi connectivity index (χ0n) is 31.9. The number of hydrogen-bond donors (Lipinski definition) is 2. The van der Waals surface area contributed by atoms with E-state index in [1.807, 2.05) is 34.6 Å². The van der Waals surface area contributed by atoms with Gasteiger partial charge in [0.2, 0.25) is 0 Å². The summed E-state index contributed by atoms with van der Waals surface area (Å²) in [6, 6.07) is 0. The molecule has 0 unspecified atom stereocenters. The summed E-state index contributed by atoms with van der Waals surface area (Å²) < 4.78 is 29.0. The number of aliphatic hydroxyl groups is 1. The Morgan fingerprint density at radius 2 is 0.960 bits per heavy atom. The van der Waals surface area contributed by atoms with E-state index in [2.05, 4.69) is 11.9 Å². The van der Waals surface area contributed by atoms with Crippen molar-refractivity contribution in [1.82, 2.24) is 5.32 Å². The van der Waals surface area contributed by atoms with Crippen LogP contribution in [-0.4, -0.2) is 99.6 Å². The van der Waals surface area contributed by atoms with Crippen molar-refractivity contribution in [1.29, 1.82) is 0 Å². The first-order valence-corrected chi connectivity index (χ1v) is 16.5. The van der Waals surface area contributed by atoms with Gasteiger partial charge in [0, 0.05) is 5.57 Å². The van der Waals surface area contributed by atoms with Crippen LogP contribution in [0.15, 0.2) is 12.2 Å². The molecule has 290 valence electrons. The van der Waals surface area contributed by atoms with Gasteiger partial charge in [0.1, 0.15) is 51.8 Å². The van der Waals surface area contributed by atoms with Gasteiger partial charge in [0.05, 0.1) is 29.4 Å². The second-order valence-electron chi connectivity index (χ2n) is 12.9. The van der Waals surface area contributed by atoms with Crippen LogP contribution < -0.4 is 5.32 Å². The lowest BCUT2D eigenvalue weighted by Crippen LogP contribution is -2.31. The lowest BCUT2D eigenvalue weighted by molar-refractivity contribution is -0.159. The van der Waals surface area contributed by atoms with E-state index in [1.165, 1.54) is 13.8 Å². The molecule has 1 amide bonds. The van der Waals surface area contributed by atoms with Crippen molar-refractivity contribution in [2.75, 3.05) is 52.8 Å². The van der Waals surface area contributed by atoms with Gasteiger partial charge in [-0.25, -0.2) is 9.59 Å². The lowest BCUT2D eigenvalue weighted by Gasteiger charge is -2.20. The minimum Gasteiger partial charge on any atom is -0.463 e. The predicted molar refractivity (Wildman–Crippen MR) is 184 cm³/mol. The van der Waals surface area contributed by atoms with Crippen molar-refractivity contribution >= 4 is 41.7 Å². The third-order valence-electron chi connectivity index (χ3n) is 7.11. The Hall–Kier alpha value is -4.01. The summed E-state index contributed by atoms with van der Waals surface area (Å²) in [7, 11) is 0.